The zero-order valence-electron chi connectivity index (χ0n) is 11.0. The second kappa shape index (κ2) is 5.34. The van der Waals surface area contributed by atoms with E-state index in [-0.39, 0.29) is 0 Å². The standard InChI is InChI=1S/C14H14N4OS/c1-19-12-4-2-10(3-5-12)7-18-8-11(6-16-18)14-17-13(15)9-20-14/h2-6,8-9H,7,15H2,1H3. The van der Waals surface area contributed by atoms with Gasteiger partial charge in [-0.1, -0.05) is 12.1 Å². The van der Waals surface area contributed by atoms with E-state index in [4.69, 9.17) is 10.5 Å². The minimum absolute atomic E-state index is 0.549. The Bertz CT molecular complexity index is 702. The second-order valence-electron chi connectivity index (χ2n) is 4.35. The summed E-state index contributed by atoms with van der Waals surface area (Å²) in [5.74, 6) is 1.40. The highest BCUT2D eigenvalue weighted by Gasteiger charge is 2.06. The molecule has 0 aliphatic carbocycles. The molecule has 0 fully saturated rings. The van der Waals surface area contributed by atoms with Gasteiger partial charge in [-0.05, 0) is 17.7 Å². The average molecular weight is 286 g/mol. The molecule has 2 heterocycles. The molecular formula is C14H14N4OS. The Morgan fingerprint density at radius 2 is 2.10 bits per heavy atom. The zero-order chi connectivity index (χ0) is 13.9. The summed E-state index contributed by atoms with van der Waals surface area (Å²) in [5.41, 5.74) is 7.79. The summed E-state index contributed by atoms with van der Waals surface area (Å²) in [6, 6.07) is 7.95. The highest BCUT2D eigenvalue weighted by atomic mass is 32.1. The van der Waals surface area contributed by atoms with Crippen LogP contribution in [0.1, 0.15) is 5.56 Å². The predicted octanol–water partition coefficient (Wildman–Crippen LogP) is 2.65. The lowest BCUT2D eigenvalue weighted by molar-refractivity contribution is 0.414. The summed E-state index contributed by atoms with van der Waals surface area (Å²) in [7, 11) is 1.66. The zero-order valence-corrected chi connectivity index (χ0v) is 11.8. The van der Waals surface area contributed by atoms with Gasteiger partial charge in [-0.2, -0.15) is 5.10 Å². The lowest BCUT2D eigenvalue weighted by Crippen LogP contribution is -1.99. The highest BCUT2D eigenvalue weighted by molar-refractivity contribution is 7.13. The van der Waals surface area contributed by atoms with Gasteiger partial charge in [0.25, 0.3) is 0 Å². The van der Waals surface area contributed by atoms with E-state index in [9.17, 15) is 0 Å². The number of hydrogen-bond donors (Lipinski definition) is 1. The Balaban J connectivity index is 1.76. The summed E-state index contributed by atoms with van der Waals surface area (Å²) < 4.78 is 7.03. The fraction of sp³-hybridized carbons (Fsp3) is 0.143. The molecule has 0 radical (unpaired) electrons. The highest BCUT2D eigenvalue weighted by Crippen LogP contribution is 2.24. The summed E-state index contributed by atoms with van der Waals surface area (Å²) in [6.07, 6.45) is 3.78. The molecular weight excluding hydrogens is 272 g/mol. The van der Waals surface area contributed by atoms with Gasteiger partial charge < -0.3 is 10.5 Å². The van der Waals surface area contributed by atoms with Crippen molar-refractivity contribution in [2.45, 2.75) is 6.54 Å². The van der Waals surface area contributed by atoms with E-state index in [1.54, 1.807) is 7.11 Å². The summed E-state index contributed by atoms with van der Waals surface area (Å²) in [4.78, 5) is 4.25. The second-order valence-corrected chi connectivity index (χ2v) is 5.21. The van der Waals surface area contributed by atoms with Gasteiger partial charge in [0.2, 0.25) is 0 Å². The quantitative estimate of drug-likeness (QED) is 0.800. The number of methoxy groups -OCH3 is 1. The Morgan fingerprint density at radius 1 is 1.30 bits per heavy atom. The van der Waals surface area contributed by atoms with Crippen LogP contribution in [0.3, 0.4) is 0 Å². The van der Waals surface area contributed by atoms with Crippen molar-refractivity contribution in [2.75, 3.05) is 12.8 Å². The topological polar surface area (TPSA) is 66.0 Å². The van der Waals surface area contributed by atoms with Crippen LogP contribution in [-0.2, 0) is 6.54 Å². The van der Waals surface area contributed by atoms with Gasteiger partial charge in [-0.15, -0.1) is 11.3 Å². The van der Waals surface area contributed by atoms with Gasteiger partial charge in [0.1, 0.15) is 16.6 Å². The lowest BCUT2D eigenvalue weighted by atomic mass is 10.2. The van der Waals surface area contributed by atoms with Gasteiger partial charge in [0.15, 0.2) is 0 Å². The molecule has 0 atom stereocenters. The van der Waals surface area contributed by atoms with Crippen molar-refractivity contribution in [2.24, 2.45) is 0 Å². The fourth-order valence-corrected chi connectivity index (χ4v) is 2.58. The molecule has 0 bridgehead atoms. The van der Waals surface area contributed by atoms with Crippen LogP contribution in [-0.4, -0.2) is 21.9 Å². The number of nitrogens with two attached hydrogens (primary N) is 1. The Morgan fingerprint density at radius 3 is 2.75 bits per heavy atom. The molecule has 102 valence electrons. The maximum atomic E-state index is 5.63. The van der Waals surface area contributed by atoms with Crippen molar-refractivity contribution in [3.63, 3.8) is 0 Å². The first-order chi connectivity index (χ1) is 9.74. The van der Waals surface area contributed by atoms with Gasteiger partial charge in [-0.25, -0.2) is 4.98 Å². The molecule has 0 aliphatic rings. The Kier molecular flexibility index (Phi) is 3.39. The fourth-order valence-electron chi connectivity index (χ4n) is 1.90. The molecule has 3 rings (SSSR count). The van der Waals surface area contributed by atoms with E-state index in [0.29, 0.717) is 12.4 Å². The van der Waals surface area contributed by atoms with Gasteiger partial charge in [0, 0.05) is 17.1 Å². The average Bonchev–Trinajstić information content (AvgIpc) is 3.09. The third-order valence-electron chi connectivity index (χ3n) is 2.91. The molecule has 0 saturated carbocycles. The van der Waals surface area contributed by atoms with Crippen molar-refractivity contribution >= 4 is 17.2 Å². The molecule has 0 saturated heterocycles. The van der Waals surface area contributed by atoms with E-state index < -0.39 is 0 Å². The van der Waals surface area contributed by atoms with Crippen LogP contribution in [0.15, 0.2) is 42.0 Å². The molecule has 0 amide bonds. The normalized spacial score (nSPS) is 10.7. The number of anilines is 1. The Labute approximate surface area is 120 Å². The summed E-state index contributed by atoms with van der Waals surface area (Å²) in [5, 5.41) is 7.07. The number of ether oxygens (including phenoxy) is 1. The summed E-state index contributed by atoms with van der Waals surface area (Å²) >= 11 is 1.52. The van der Waals surface area contributed by atoms with E-state index in [1.165, 1.54) is 16.9 Å². The van der Waals surface area contributed by atoms with Crippen molar-refractivity contribution < 1.29 is 4.74 Å². The predicted molar refractivity (Wildman–Crippen MR) is 79.8 cm³/mol. The number of aromatic nitrogens is 3. The number of nitrogen functional groups attached to an aromatic ring is 1. The molecule has 0 unspecified atom stereocenters. The smallest absolute Gasteiger partial charge is 0.135 e. The monoisotopic (exact) mass is 286 g/mol. The number of benzene rings is 1. The summed E-state index contributed by atoms with van der Waals surface area (Å²) in [6.45, 7) is 0.713. The van der Waals surface area contributed by atoms with Crippen molar-refractivity contribution in [1.82, 2.24) is 14.8 Å². The lowest BCUT2D eigenvalue weighted by Gasteiger charge is -2.03. The van der Waals surface area contributed by atoms with E-state index >= 15 is 0 Å². The number of rotatable bonds is 4. The van der Waals surface area contributed by atoms with E-state index in [1.807, 2.05) is 46.7 Å². The molecule has 6 heteroatoms. The molecule has 0 spiro atoms. The first-order valence-corrected chi connectivity index (χ1v) is 6.99. The van der Waals surface area contributed by atoms with Crippen molar-refractivity contribution in [3.8, 4) is 16.3 Å². The molecule has 20 heavy (non-hydrogen) atoms. The molecule has 5 nitrogen and oxygen atoms in total. The van der Waals surface area contributed by atoms with Crippen molar-refractivity contribution in [1.29, 1.82) is 0 Å². The van der Waals surface area contributed by atoms with Gasteiger partial charge in [-0.3, -0.25) is 4.68 Å². The van der Waals surface area contributed by atoms with E-state index in [2.05, 4.69) is 10.1 Å². The third-order valence-corrected chi connectivity index (χ3v) is 3.82. The molecule has 3 aromatic rings. The first-order valence-electron chi connectivity index (χ1n) is 6.11. The number of hydrogen-bond acceptors (Lipinski definition) is 5. The van der Waals surface area contributed by atoms with Crippen LogP contribution in [0.5, 0.6) is 5.75 Å². The molecule has 2 aromatic heterocycles. The van der Waals surface area contributed by atoms with Crippen LogP contribution in [0.25, 0.3) is 10.6 Å². The van der Waals surface area contributed by atoms with Crippen LogP contribution in [0.4, 0.5) is 5.82 Å². The van der Waals surface area contributed by atoms with Crippen LogP contribution in [0, 0.1) is 0 Å². The largest absolute Gasteiger partial charge is 0.497 e. The minimum Gasteiger partial charge on any atom is -0.497 e. The van der Waals surface area contributed by atoms with E-state index in [0.717, 1.165) is 16.3 Å². The third kappa shape index (κ3) is 2.65. The number of thiazole rings is 1. The minimum atomic E-state index is 0.549. The molecule has 1 aromatic carbocycles. The SMILES string of the molecule is COc1ccc(Cn2cc(-c3nc(N)cs3)cn2)cc1. The number of nitrogens with zero attached hydrogens (tertiary/aromatic N) is 3. The van der Waals surface area contributed by atoms with Crippen LogP contribution < -0.4 is 10.5 Å². The first kappa shape index (κ1) is 12.7. The van der Waals surface area contributed by atoms with Gasteiger partial charge >= 0.3 is 0 Å². The van der Waals surface area contributed by atoms with Crippen LogP contribution in [0.2, 0.25) is 0 Å². The maximum absolute atomic E-state index is 5.63. The molecule has 2 N–H and O–H groups in total. The van der Waals surface area contributed by atoms with Crippen LogP contribution >= 0.6 is 11.3 Å². The Hall–Kier alpha value is -2.34. The van der Waals surface area contributed by atoms with Gasteiger partial charge in [0.05, 0.1) is 19.9 Å². The van der Waals surface area contributed by atoms with Crippen molar-refractivity contribution in [3.05, 3.63) is 47.6 Å². The maximum Gasteiger partial charge on any atom is 0.135 e. The molecule has 0 aliphatic heterocycles.